The first-order valence-corrected chi connectivity index (χ1v) is 8.07. The molecule has 9 heteroatoms. The monoisotopic (exact) mass is 368 g/mol. The molecule has 0 fully saturated rings. The van der Waals surface area contributed by atoms with Crippen LogP contribution in [0.4, 0.5) is 5.69 Å². The summed E-state index contributed by atoms with van der Waals surface area (Å²) in [7, 11) is 0. The molecule has 0 spiro atoms. The minimum atomic E-state index is -0.638. The molecule has 6 nitrogen and oxygen atoms in total. The van der Waals surface area contributed by atoms with E-state index in [-0.39, 0.29) is 22.3 Å². The number of amides is 1. The second-order valence-electron chi connectivity index (χ2n) is 4.26. The third kappa shape index (κ3) is 4.48. The Morgan fingerprint density at radius 2 is 2.13 bits per heavy atom. The number of carbonyl (C=O) groups is 1. The van der Waals surface area contributed by atoms with E-state index in [1.165, 1.54) is 18.0 Å². The molecule has 0 unspecified atom stereocenters. The first-order chi connectivity index (χ1) is 11.0. The molecule has 1 aromatic carbocycles. The second kappa shape index (κ2) is 8.02. The van der Waals surface area contributed by atoms with E-state index < -0.39 is 11.5 Å². The highest BCUT2D eigenvalue weighted by molar-refractivity contribution is 7.99. The van der Waals surface area contributed by atoms with E-state index in [9.17, 15) is 9.59 Å². The molecule has 0 aliphatic carbocycles. The van der Waals surface area contributed by atoms with Gasteiger partial charge in [0, 0.05) is 4.90 Å². The van der Waals surface area contributed by atoms with Crippen molar-refractivity contribution in [2.45, 2.75) is 11.4 Å². The maximum Gasteiger partial charge on any atom is 0.287 e. The molecule has 0 aliphatic heterocycles. The van der Waals surface area contributed by atoms with Gasteiger partial charge in [-0.1, -0.05) is 35.3 Å². The van der Waals surface area contributed by atoms with Gasteiger partial charge in [-0.15, -0.1) is 11.8 Å². The molecule has 2 rings (SSSR count). The smallest absolute Gasteiger partial charge is 0.287 e. The Labute approximate surface area is 146 Å². The fourth-order valence-corrected chi connectivity index (χ4v) is 2.63. The van der Waals surface area contributed by atoms with Crippen LogP contribution >= 0.6 is 35.0 Å². The van der Waals surface area contributed by atoms with Gasteiger partial charge in [0.15, 0.2) is 0 Å². The average Bonchev–Trinajstić information content (AvgIpc) is 2.54. The standard InChI is InChI=1S/C14H10Cl2N4O2S/c15-9-7-18-20(14(22)13(9)16)8-12(21)19-10-3-1-2-4-11(10)23-6-5-17/h1-4,7H,6,8H2,(H,19,21). The Kier molecular flexibility index (Phi) is 6.04. The first kappa shape index (κ1) is 17.3. The van der Waals surface area contributed by atoms with Crippen LogP contribution in [0.1, 0.15) is 0 Å². The van der Waals surface area contributed by atoms with Crippen LogP contribution in [0, 0.1) is 11.3 Å². The fourth-order valence-electron chi connectivity index (χ4n) is 1.69. The molecule has 1 heterocycles. The van der Waals surface area contributed by atoms with E-state index in [1.807, 2.05) is 6.07 Å². The molecular weight excluding hydrogens is 359 g/mol. The molecule has 1 aromatic heterocycles. The van der Waals surface area contributed by atoms with E-state index >= 15 is 0 Å². The third-order valence-corrected chi connectivity index (χ3v) is 4.38. The number of hydrogen-bond acceptors (Lipinski definition) is 5. The number of para-hydroxylation sites is 1. The van der Waals surface area contributed by atoms with Crippen LogP contribution in [0.25, 0.3) is 0 Å². The average molecular weight is 369 g/mol. The van der Waals surface area contributed by atoms with Gasteiger partial charge in [-0.2, -0.15) is 10.4 Å². The maximum atomic E-state index is 12.1. The molecular formula is C14H10Cl2N4O2S. The summed E-state index contributed by atoms with van der Waals surface area (Å²) in [5.41, 5.74) is -0.0766. The summed E-state index contributed by atoms with van der Waals surface area (Å²) < 4.78 is 0.925. The van der Waals surface area contributed by atoms with Crippen molar-refractivity contribution in [3.8, 4) is 6.07 Å². The Morgan fingerprint density at radius 1 is 1.39 bits per heavy atom. The summed E-state index contributed by atoms with van der Waals surface area (Å²) in [6.45, 7) is -0.299. The Bertz CT molecular complexity index is 832. The summed E-state index contributed by atoms with van der Waals surface area (Å²) in [5.74, 6) is -0.177. The van der Waals surface area contributed by atoms with Crippen LogP contribution in [0.5, 0.6) is 0 Å². The zero-order chi connectivity index (χ0) is 16.8. The van der Waals surface area contributed by atoms with Crippen LogP contribution < -0.4 is 10.9 Å². The van der Waals surface area contributed by atoms with Gasteiger partial charge in [0.1, 0.15) is 11.6 Å². The third-order valence-electron chi connectivity index (χ3n) is 2.69. The van der Waals surface area contributed by atoms with Gasteiger partial charge in [-0.05, 0) is 12.1 Å². The number of aromatic nitrogens is 2. The highest BCUT2D eigenvalue weighted by atomic mass is 35.5. The normalized spacial score (nSPS) is 10.1. The topological polar surface area (TPSA) is 87.8 Å². The number of halogens is 2. The number of nitriles is 1. The van der Waals surface area contributed by atoms with Gasteiger partial charge in [0.05, 0.1) is 28.7 Å². The van der Waals surface area contributed by atoms with E-state index in [0.717, 1.165) is 9.58 Å². The summed E-state index contributed by atoms with van der Waals surface area (Å²) in [6.07, 6.45) is 1.20. The Balaban J connectivity index is 2.13. The molecule has 0 bridgehead atoms. The molecule has 1 amide bonds. The van der Waals surface area contributed by atoms with Crippen molar-refractivity contribution >= 4 is 46.6 Å². The minimum absolute atomic E-state index is 0.0339. The van der Waals surface area contributed by atoms with Crippen LogP contribution in [0.2, 0.25) is 10.0 Å². The number of rotatable bonds is 5. The lowest BCUT2D eigenvalue weighted by Crippen LogP contribution is -2.30. The van der Waals surface area contributed by atoms with E-state index in [1.54, 1.807) is 24.3 Å². The van der Waals surface area contributed by atoms with Crippen molar-refractivity contribution in [2.75, 3.05) is 11.1 Å². The van der Waals surface area contributed by atoms with Crippen molar-refractivity contribution in [1.29, 1.82) is 5.26 Å². The van der Waals surface area contributed by atoms with Crippen LogP contribution in [-0.4, -0.2) is 21.4 Å². The SMILES string of the molecule is N#CCSc1ccccc1NC(=O)Cn1ncc(Cl)c(Cl)c1=O. The van der Waals surface area contributed by atoms with Crippen LogP contribution in [0.15, 0.2) is 40.2 Å². The Morgan fingerprint density at radius 3 is 2.87 bits per heavy atom. The highest BCUT2D eigenvalue weighted by Gasteiger charge is 2.12. The fraction of sp³-hybridized carbons (Fsp3) is 0.143. The van der Waals surface area contributed by atoms with Crippen molar-refractivity contribution in [2.24, 2.45) is 0 Å². The molecule has 0 saturated carbocycles. The van der Waals surface area contributed by atoms with E-state index in [4.69, 9.17) is 28.5 Å². The van der Waals surface area contributed by atoms with Gasteiger partial charge in [0.2, 0.25) is 5.91 Å². The molecule has 23 heavy (non-hydrogen) atoms. The number of nitrogens with zero attached hydrogens (tertiary/aromatic N) is 3. The van der Waals surface area contributed by atoms with Crippen LogP contribution in [-0.2, 0) is 11.3 Å². The van der Waals surface area contributed by atoms with Crippen molar-refractivity contribution in [3.63, 3.8) is 0 Å². The van der Waals surface area contributed by atoms with Gasteiger partial charge in [0.25, 0.3) is 5.56 Å². The molecule has 118 valence electrons. The van der Waals surface area contributed by atoms with Crippen molar-refractivity contribution < 1.29 is 4.79 Å². The van der Waals surface area contributed by atoms with Gasteiger partial charge in [-0.25, -0.2) is 4.68 Å². The van der Waals surface area contributed by atoms with Gasteiger partial charge in [-0.3, -0.25) is 9.59 Å². The molecule has 1 N–H and O–H groups in total. The minimum Gasteiger partial charge on any atom is -0.323 e. The number of hydrogen-bond donors (Lipinski definition) is 1. The number of benzene rings is 1. The lowest BCUT2D eigenvalue weighted by Gasteiger charge is -2.10. The van der Waals surface area contributed by atoms with Crippen molar-refractivity contribution in [1.82, 2.24) is 9.78 Å². The zero-order valence-electron chi connectivity index (χ0n) is 11.6. The number of nitrogens with one attached hydrogen (secondary N) is 1. The Hall–Kier alpha value is -2.01. The molecule has 0 atom stereocenters. The summed E-state index contributed by atoms with van der Waals surface area (Å²) in [5, 5.41) is 15.0. The molecule has 0 radical (unpaired) electrons. The van der Waals surface area contributed by atoms with Gasteiger partial charge < -0.3 is 5.32 Å². The maximum absolute atomic E-state index is 12.1. The van der Waals surface area contributed by atoms with E-state index in [2.05, 4.69) is 10.4 Å². The lowest BCUT2D eigenvalue weighted by molar-refractivity contribution is -0.117. The van der Waals surface area contributed by atoms with E-state index in [0.29, 0.717) is 5.69 Å². The predicted octanol–water partition coefficient (Wildman–Crippen LogP) is 2.80. The summed E-state index contributed by atoms with van der Waals surface area (Å²) in [6, 6.07) is 9.09. The number of thioether (sulfide) groups is 1. The first-order valence-electron chi connectivity index (χ1n) is 6.32. The molecule has 2 aromatic rings. The molecule has 0 aliphatic rings. The quantitative estimate of drug-likeness (QED) is 0.819. The number of carbonyl (C=O) groups excluding carboxylic acids is 1. The van der Waals surface area contributed by atoms with Crippen LogP contribution in [0.3, 0.4) is 0 Å². The van der Waals surface area contributed by atoms with Gasteiger partial charge >= 0.3 is 0 Å². The largest absolute Gasteiger partial charge is 0.323 e. The zero-order valence-corrected chi connectivity index (χ0v) is 14.0. The molecule has 0 saturated heterocycles. The summed E-state index contributed by atoms with van der Waals surface area (Å²) >= 11 is 12.7. The summed E-state index contributed by atoms with van der Waals surface area (Å²) in [4.78, 5) is 24.7. The number of anilines is 1. The second-order valence-corrected chi connectivity index (χ2v) is 6.06. The highest BCUT2D eigenvalue weighted by Crippen LogP contribution is 2.26. The lowest BCUT2D eigenvalue weighted by atomic mass is 10.3. The predicted molar refractivity (Wildman–Crippen MR) is 89.9 cm³/mol. The van der Waals surface area contributed by atoms with Crippen molar-refractivity contribution in [3.05, 3.63) is 50.9 Å².